The van der Waals surface area contributed by atoms with Crippen LogP contribution in [0.25, 0.3) is 0 Å². The molecule has 1 fully saturated rings. The summed E-state index contributed by atoms with van der Waals surface area (Å²) in [4.78, 5) is 15.1. The number of nitrogens with zero attached hydrogens (tertiary/aromatic N) is 2. The number of piperazine rings is 1. The van der Waals surface area contributed by atoms with E-state index in [4.69, 9.17) is 5.11 Å². The number of nitrogens with one attached hydrogen (secondary N) is 1. The third kappa shape index (κ3) is 6.93. The maximum Gasteiger partial charge on any atom is 0.317 e. The van der Waals surface area contributed by atoms with E-state index in [0.29, 0.717) is 0 Å². The van der Waals surface area contributed by atoms with Crippen LogP contribution in [0, 0.1) is 0 Å². The van der Waals surface area contributed by atoms with Crippen molar-refractivity contribution in [2.24, 2.45) is 0 Å². The van der Waals surface area contributed by atoms with Crippen molar-refractivity contribution < 1.29 is 9.90 Å². The van der Waals surface area contributed by atoms with Crippen LogP contribution in [0.15, 0.2) is 0 Å². The molecule has 0 spiro atoms. The van der Waals surface area contributed by atoms with Crippen LogP contribution in [0.3, 0.4) is 0 Å². The van der Waals surface area contributed by atoms with Crippen molar-refractivity contribution in [3.8, 4) is 0 Å². The molecule has 0 aromatic rings. The molecule has 5 heteroatoms. The predicted molar refractivity (Wildman–Crippen MR) is 72.9 cm³/mol. The minimum absolute atomic E-state index is 0.191. The van der Waals surface area contributed by atoms with Gasteiger partial charge in [-0.2, -0.15) is 0 Å². The van der Waals surface area contributed by atoms with Gasteiger partial charge in [0.2, 0.25) is 0 Å². The summed E-state index contributed by atoms with van der Waals surface area (Å²) in [5.41, 5.74) is 0. The van der Waals surface area contributed by atoms with Gasteiger partial charge in [0.1, 0.15) is 0 Å². The second-order valence-electron chi connectivity index (χ2n) is 4.93. The fraction of sp³-hybridized carbons (Fsp3) is 0.923. The van der Waals surface area contributed by atoms with Gasteiger partial charge in [0, 0.05) is 26.2 Å². The van der Waals surface area contributed by atoms with Crippen LogP contribution >= 0.6 is 0 Å². The van der Waals surface area contributed by atoms with Crippen LogP contribution in [-0.2, 0) is 4.79 Å². The molecular weight excluding hydrogens is 230 g/mol. The van der Waals surface area contributed by atoms with E-state index in [0.717, 1.165) is 45.8 Å². The predicted octanol–water partition coefficient (Wildman–Crippen LogP) is 0.468. The maximum absolute atomic E-state index is 10.6. The Kier molecular flexibility index (Phi) is 7.96. The Balaban J connectivity index is 1.97. The molecule has 5 nitrogen and oxygen atoms in total. The van der Waals surface area contributed by atoms with Gasteiger partial charge in [-0.15, -0.1) is 0 Å². The van der Waals surface area contributed by atoms with E-state index in [2.05, 4.69) is 17.1 Å². The van der Waals surface area contributed by atoms with Crippen molar-refractivity contribution in [2.45, 2.75) is 26.2 Å². The number of hydrogen-bond acceptors (Lipinski definition) is 4. The Bertz CT molecular complexity index is 228. The fourth-order valence-electron chi connectivity index (χ4n) is 2.30. The van der Waals surface area contributed by atoms with Crippen LogP contribution in [0.4, 0.5) is 0 Å². The zero-order valence-corrected chi connectivity index (χ0v) is 11.5. The summed E-state index contributed by atoms with van der Waals surface area (Å²) in [6.07, 6.45) is 3.79. The molecule has 0 saturated carbocycles. The summed E-state index contributed by atoms with van der Waals surface area (Å²) in [5.74, 6) is -0.716. The van der Waals surface area contributed by atoms with Gasteiger partial charge in [0.25, 0.3) is 0 Å². The summed E-state index contributed by atoms with van der Waals surface area (Å²) in [7, 11) is 0. The molecule has 1 saturated heterocycles. The highest BCUT2D eigenvalue weighted by atomic mass is 16.4. The number of aliphatic carboxylic acids is 1. The average molecular weight is 257 g/mol. The van der Waals surface area contributed by atoms with Gasteiger partial charge in [0.15, 0.2) is 0 Å². The van der Waals surface area contributed by atoms with E-state index < -0.39 is 5.97 Å². The minimum atomic E-state index is -0.716. The van der Waals surface area contributed by atoms with E-state index in [1.54, 1.807) is 0 Å². The Hall–Kier alpha value is -0.650. The first-order chi connectivity index (χ1) is 8.72. The molecule has 1 heterocycles. The molecule has 0 radical (unpaired) electrons. The van der Waals surface area contributed by atoms with Crippen LogP contribution < -0.4 is 5.32 Å². The standard InChI is InChI=1S/C13H27N3O2/c1-2-14-6-4-3-5-7-15-8-10-16(11-9-15)12-13(17)18/h14H,2-12H2,1H3,(H,17,18). The highest BCUT2D eigenvalue weighted by Gasteiger charge is 2.17. The minimum Gasteiger partial charge on any atom is -0.480 e. The number of carboxylic acids is 1. The third-order valence-electron chi connectivity index (χ3n) is 3.40. The highest BCUT2D eigenvalue weighted by Crippen LogP contribution is 2.04. The third-order valence-corrected chi connectivity index (χ3v) is 3.40. The lowest BCUT2D eigenvalue weighted by Crippen LogP contribution is -2.48. The van der Waals surface area contributed by atoms with Gasteiger partial charge < -0.3 is 15.3 Å². The quantitative estimate of drug-likeness (QED) is 0.588. The Morgan fingerprint density at radius 1 is 1.11 bits per heavy atom. The first-order valence-electron chi connectivity index (χ1n) is 7.09. The molecule has 0 aromatic heterocycles. The Morgan fingerprint density at radius 2 is 1.78 bits per heavy atom. The monoisotopic (exact) mass is 257 g/mol. The SMILES string of the molecule is CCNCCCCCN1CCN(CC(=O)O)CC1. The van der Waals surface area contributed by atoms with Gasteiger partial charge in [-0.25, -0.2) is 0 Å². The molecule has 106 valence electrons. The molecule has 0 unspecified atom stereocenters. The van der Waals surface area contributed by atoms with Crippen molar-refractivity contribution >= 4 is 5.97 Å². The lowest BCUT2D eigenvalue weighted by molar-refractivity contribution is -0.138. The molecule has 0 aromatic carbocycles. The van der Waals surface area contributed by atoms with Crippen molar-refractivity contribution in [1.29, 1.82) is 0 Å². The van der Waals surface area contributed by atoms with Crippen LogP contribution in [-0.4, -0.2) is 73.2 Å². The largest absolute Gasteiger partial charge is 0.480 e. The van der Waals surface area contributed by atoms with E-state index >= 15 is 0 Å². The van der Waals surface area contributed by atoms with E-state index in [-0.39, 0.29) is 6.54 Å². The summed E-state index contributed by atoms with van der Waals surface area (Å²) < 4.78 is 0. The molecule has 1 rings (SSSR count). The molecule has 0 aliphatic carbocycles. The fourth-order valence-corrected chi connectivity index (χ4v) is 2.30. The number of unbranched alkanes of at least 4 members (excludes halogenated alkanes) is 2. The second kappa shape index (κ2) is 9.30. The summed E-state index contributed by atoms with van der Waals surface area (Å²) >= 11 is 0. The maximum atomic E-state index is 10.6. The number of hydrogen-bond donors (Lipinski definition) is 2. The van der Waals surface area contributed by atoms with Crippen molar-refractivity contribution in [3.05, 3.63) is 0 Å². The van der Waals surface area contributed by atoms with Crippen molar-refractivity contribution in [3.63, 3.8) is 0 Å². The average Bonchev–Trinajstić information content (AvgIpc) is 2.35. The van der Waals surface area contributed by atoms with Crippen LogP contribution in [0.1, 0.15) is 26.2 Å². The van der Waals surface area contributed by atoms with Gasteiger partial charge in [0.05, 0.1) is 6.54 Å². The Labute approximate surface area is 110 Å². The van der Waals surface area contributed by atoms with Crippen LogP contribution in [0.5, 0.6) is 0 Å². The van der Waals surface area contributed by atoms with E-state index in [9.17, 15) is 4.79 Å². The zero-order chi connectivity index (χ0) is 13.2. The van der Waals surface area contributed by atoms with Gasteiger partial charge in [-0.3, -0.25) is 9.69 Å². The highest BCUT2D eigenvalue weighted by molar-refractivity contribution is 5.69. The molecular formula is C13H27N3O2. The zero-order valence-electron chi connectivity index (χ0n) is 11.5. The molecule has 2 N–H and O–H groups in total. The molecule has 18 heavy (non-hydrogen) atoms. The summed E-state index contributed by atoms with van der Waals surface area (Å²) in [6, 6.07) is 0. The van der Waals surface area contributed by atoms with Crippen molar-refractivity contribution in [2.75, 3.05) is 52.4 Å². The van der Waals surface area contributed by atoms with E-state index in [1.807, 2.05) is 4.90 Å². The van der Waals surface area contributed by atoms with Gasteiger partial charge in [-0.05, 0) is 32.5 Å². The topological polar surface area (TPSA) is 55.8 Å². The number of carbonyl (C=O) groups is 1. The van der Waals surface area contributed by atoms with Gasteiger partial charge >= 0.3 is 5.97 Å². The lowest BCUT2D eigenvalue weighted by Gasteiger charge is -2.33. The Morgan fingerprint density at radius 3 is 2.39 bits per heavy atom. The lowest BCUT2D eigenvalue weighted by atomic mass is 10.2. The first-order valence-corrected chi connectivity index (χ1v) is 7.09. The smallest absolute Gasteiger partial charge is 0.317 e. The molecule has 0 atom stereocenters. The first kappa shape index (κ1) is 15.4. The molecule has 0 bridgehead atoms. The second-order valence-corrected chi connectivity index (χ2v) is 4.93. The number of rotatable bonds is 9. The van der Waals surface area contributed by atoms with E-state index in [1.165, 1.54) is 19.3 Å². The summed E-state index contributed by atoms with van der Waals surface area (Å²) in [6.45, 7) is 9.49. The molecule has 0 amide bonds. The number of carboxylic acid groups (broad SMARTS) is 1. The molecule has 1 aliphatic heterocycles. The molecule has 1 aliphatic rings. The normalized spacial score (nSPS) is 18.1. The van der Waals surface area contributed by atoms with Gasteiger partial charge in [-0.1, -0.05) is 13.3 Å². The summed E-state index contributed by atoms with van der Waals surface area (Å²) in [5, 5.41) is 12.0. The van der Waals surface area contributed by atoms with Crippen molar-refractivity contribution in [1.82, 2.24) is 15.1 Å². The van der Waals surface area contributed by atoms with Crippen LogP contribution in [0.2, 0.25) is 0 Å².